The molecule has 66 valence electrons. The average molecular weight is 166 g/mol. The van der Waals surface area contributed by atoms with Crippen molar-refractivity contribution in [2.24, 2.45) is 0 Å². The van der Waals surface area contributed by atoms with Crippen molar-refractivity contribution >= 4 is 0 Å². The van der Waals surface area contributed by atoms with E-state index < -0.39 is 12.2 Å². The molecule has 0 amide bonds. The zero-order valence-electron chi connectivity index (χ0n) is 7.03. The lowest BCUT2D eigenvalue weighted by molar-refractivity contribution is 0.0134. The SMILES string of the molecule is O[C@H]1CC2=C(CC=CC2)C[C@@H]1O. The minimum absolute atomic E-state index is 0.532. The Kier molecular flexibility index (Phi) is 2.03. The molecule has 0 saturated heterocycles. The van der Waals surface area contributed by atoms with Crippen molar-refractivity contribution in [2.45, 2.75) is 37.9 Å². The van der Waals surface area contributed by atoms with Gasteiger partial charge in [0, 0.05) is 0 Å². The average Bonchev–Trinajstić information content (AvgIpc) is 2.07. The van der Waals surface area contributed by atoms with Crippen LogP contribution in [0.1, 0.15) is 25.7 Å². The molecule has 2 aliphatic carbocycles. The van der Waals surface area contributed by atoms with Crippen molar-refractivity contribution in [3.63, 3.8) is 0 Å². The first-order valence-corrected chi connectivity index (χ1v) is 4.48. The third-order valence-electron chi connectivity index (χ3n) is 2.75. The zero-order valence-corrected chi connectivity index (χ0v) is 7.03. The van der Waals surface area contributed by atoms with Gasteiger partial charge in [-0.3, -0.25) is 0 Å². The molecule has 2 heteroatoms. The molecule has 2 atom stereocenters. The van der Waals surface area contributed by atoms with Crippen LogP contribution in [0.4, 0.5) is 0 Å². The summed E-state index contributed by atoms with van der Waals surface area (Å²) in [6, 6.07) is 0. The predicted molar refractivity (Wildman–Crippen MR) is 46.6 cm³/mol. The van der Waals surface area contributed by atoms with Crippen molar-refractivity contribution in [3.05, 3.63) is 23.3 Å². The first-order chi connectivity index (χ1) is 5.77. The summed E-state index contributed by atoms with van der Waals surface area (Å²) in [5.74, 6) is 0. The van der Waals surface area contributed by atoms with Crippen LogP contribution in [0.5, 0.6) is 0 Å². The molecular formula is C10H14O2. The molecular weight excluding hydrogens is 152 g/mol. The number of rotatable bonds is 0. The molecule has 0 bridgehead atoms. The summed E-state index contributed by atoms with van der Waals surface area (Å²) in [5, 5.41) is 18.8. The molecule has 2 nitrogen and oxygen atoms in total. The second-order valence-electron chi connectivity index (χ2n) is 3.63. The van der Waals surface area contributed by atoms with Crippen LogP contribution in [0.3, 0.4) is 0 Å². The highest BCUT2D eigenvalue weighted by atomic mass is 16.3. The van der Waals surface area contributed by atoms with E-state index >= 15 is 0 Å². The van der Waals surface area contributed by atoms with Crippen LogP contribution in [0.2, 0.25) is 0 Å². The molecule has 0 aromatic carbocycles. The van der Waals surface area contributed by atoms with Gasteiger partial charge in [0.2, 0.25) is 0 Å². The van der Waals surface area contributed by atoms with Crippen LogP contribution in [0, 0.1) is 0 Å². The van der Waals surface area contributed by atoms with E-state index in [2.05, 4.69) is 12.2 Å². The summed E-state index contributed by atoms with van der Waals surface area (Å²) < 4.78 is 0. The van der Waals surface area contributed by atoms with Gasteiger partial charge in [0.05, 0.1) is 12.2 Å². The minimum Gasteiger partial charge on any atom is -0.390 e. The van der Waals surface area contributed by atoms with Crippen molar-refractivity contribution in [3.8, 4) is 0 Å². The van der Waals surface area contributed by atoms with Gasteiger partial charge in [0.25, 0.3) is 0 Å². The maximum Gasteiger partial charge on any atom is 0.0839 e. The van der Waals surface area contributed by atoms with Gasteiger partial charge in [-0.05, 0) is 25.7 Å². The van der Waals surface area contributed by atoms with Crippen molar-refractivity contribution in [2.75, 3.05) is 0 Å². The molecule has 0 radical (unpaired) electrons. The van der Waals surface area contributed by atoms with Gasteiger partial charge in [-0.2, -0.15) is 0 Å². The second-order valence-corrected chi connectivity index (χ2v) is 3.63. The summed E-state index contributed by atoms with van der Waals surface area (Å²) in [6.45, 7) is 0. The third-order valence-corrected chi connectivity index (χ3v) is 2.75. The van der Waals surface area contributed by atoms with Gasteiger partial charge in [-0.1, -0.05) is 23.3 Å². The monoisotopic (exact) mass is 166 g/mol. The highest BCUT2D eigenvalue weighted by Gasteiger charge is 2.26. The third kappa shape index (κ3) is 1.32. The van der Waals surface area contributed by atoms with E-state index in [-0.39, 0.29) is 0 Å². The van der Waals surface area contributed by atoms with Crippen LogP contribution in [-0.4, -0.2) is 22.4 Å². The lowest BCUT2D eigenvalue weighted by atomic mass is 9.82. The zero-order chi connectivity index (χ0) is 8.55. The standard InChI is InChI=1S/C10H14O2/c11-9-5-7-3-1-2-4-8(7)6-10(9)12/h1-2,9-12H,3-6H2/t9-,10-/m0/s1. The van der Waals surface area contributed by atoms with Crippen LogP contribution in [0.15, 0.2) is 23.3 Å². The Morgan fingerprint density at radius 3 is 1.75 bits per heavy atom. The Bertz CT molecular complexity index is 216. The topological polar surface area (TPSA) is 40.5 Å². The highest BCUT2D eigenvalue weighted by Crippen LogP contribution is 2.32. The van der Waals surface area contributed by atoms with E-state index in [9.17, 15) is 10.2 Å². The lowest BCUT2D eigenvalue weighted by Gasteiger charge is -2.29. The molecule has 0 saturated carbocycles. The minimum atomic E-state index is -0.532. The Hall–Kier alpha value is -0.600. The van der Waals surface area contributed by atoms with E-state index in [4.69, 9.17) is 0 Å². The van der Waals surface area contributed by atoms with E-state index in [0.29, 0.717) is 12.8 Å². The van der Waals surface area contributed by atoms with Gasteiger partial charge >= 0.3 is 0 Å². The van der Waals surface area contributed by atoms with Crippen molar-refractivity contribution in [1.29, 1.82) is 0 Å². The summed E-state index contributed by atoms with van der Waals surface area (Å²) in [4.78, 5) is 0. The van der Waals surface area contributed by atoms with Gasteiger partial charge < -0.3 is 10.2 Å². The van der Waals surface area contributed by atoms with Gasteiger partial charge in [0.15, 0.2) is 0 Å². The van der Waals surface area contributed by atoms with E-state index in [1.807, 2.05) is 0 Å². The molecule has 0 spiro atoms. The van der Waals surface area contributed by atoms with E-state index in [1.165, 1.54) is 11.1 Å². The van der Waals surface area contributed by atoms with E-state index in [1.54, 1.807) is 0 Å². The van der Waals surface area contributed by atoms with Crippen LogP contribution in [-0.2, 0) is 0 Å². The number of aliphatic hydroxyl groups excluding tert-OH is 2. The number of aliphatic hydroxyl groups is 2. The van der Waals surface area contributed by atoms with Crippen LogP contribution >= 0.6 is 0 Å². The van der Waals surface area contributed by atoms with Gasteiger partial charge in [0.1, 0.15) is 0 Å². The number of allylic oxidation sites excluding steroid dienone is 2. The number of hydrogen-bond acceptors (Lipinski definition) is 2. The molecule has 0 aromatic heterocycles. The summed E-state index contributed by atoms with van der Waals surface area (Å²) >= 11 is 0. The van der Waals surface area contributed by atoms with Gasteiger partial charge in [-0.15, -0.1) is 0 Å². The first-order valence-electron chi connectivity index (χ1n) is 4.48. The fourth-order valence-electron chi connectivity index (χ4n) is 1.97. The predicted octanol–water partition coefficient (Wildman–Crippen LogP) is 1.15. The first kappa shape index (κ1) is 8.02. The Morgan fingerprint density at radius 2 is 1.33 bits per heavy atom. The summed E-state index contributed by atoms with van der Waals surface area (Å²) in [5.41, 5.74) is 2.69. The van der Waals surface area contributed by atoms with Crippen molar-refractivity contribution in [1.82, 2.24) is 0 Å². The molecule has 0 aromatic rings. The Balaban J connectivity index is 2.16. The van der Waals surface area contributed by atoms with Crippen LogP contribution < -0.4 is 0 Å². The Labute approximate surface area is 72.2 Å². The molecule has 2 rings (SSSR count). The molecule has 2 aliphatic rings. The summed E-state index contributed by atoms with van der Waals surface area (Å²) in [6.07, 6.45) is 6.50. The highest BCUT2D eigenvalue weighted by molar-refractivity contribution is 5.28. The molecule has 0 aliphatic heterocycles. The van der Waals surface area contributed by atoms with Crippen LogP contribution in [0.25, 0.3) is 0 Å². The maximum absolute atomic E-state index is 9.41. The molecule has 12 heavy (non-hydrogen) atoms. The van der Waals surface area contributed by atoms with E-state index in [0.717, 1.165) is 12.8 Å². The largest absolute Gasteiger partial charge is 0.390 e. The second kappa shape index (κ2) is 3.04. The lowest BCUT2D eigenvalue weighted by Crippen LogP contribution is -2.31. The quantitative estimate of drug-likeness (QED) is 0.530. The van der Waals surface area contributed by atoms with Gasteiger partial charge in [-0.25, -0.2) is 0 Å². The smallest absolute Gasteiger partial charge is 0.0839 e. The number of hydrogen-bond donors (Lipinski definition) is 2. The fraction of sp³-hybridized carbons (Fsp3) is 0.600. The molecule has 2 N–H and O–H groups in total. The molecule has 0 fully saturated rings. The molecule has 0 heterocycles. The summed E-state index contributed by atoms with van der Waals surface area (Å²) in [7, 11) is 0. The molecule has 0 unspecified atom stereocenters. The fourth-order valence-corrected chi connectivity index (χ4v) is 1.97. The maximum atomic E-state index is 9.41. The Morgan fingerprint density at radius 1 is 0.917 bits per heavy atom. The normalized spacial score (nSPS) is 35.2. The van der Waals surface area contributed by atoms with Crippen molar-refractivity contribution < 1.29 is 10.2 Å².